The topological polar surface area (TPSA) is 86.0 Å². The smallest absolute Gasteiger partial charge is 0.416 e. The number of carbonyl (C=O) groups excluding carboxylic acids is 1. The number of ether oxygens (including phenoxy) is 1. The molecule has 7 nitrogen and oxygen atoms in total. The van der Waals surface area contributed by atoms with Gasteiger partial charge >= 0.3 is 16.3 Å². The summed E-state index contributed by atoms with van der Waals surface area (Å²) in [6.07, 6.45) is -2.32. The molecule has 2 aromatic carbocycles. The number of amides is 1. The highest BCUT2D eigenvalue weighted by Crippen LogP contribution is 2.31. The Morgan fingerprint density at radius 3 is 2.39 bits per heavy atom. The minimum atomic E-state index is -4.60. The van der Waals surface area contributed by atoms with Crippen LogP contribution in [0, 0.1) is 0 Å². The Morgan fingerprint density at radius 1 is 1.03 bits per heavy atom. The maximum atomic E-state index is 13.2. The number of benzene rings is 2. The van der Waals surface area contributed by atoms with E-state index in [9.17, 15) is 26.4 Å². The molecule has 1 aromatic heterocycles. The molecule has 0 fully saturated rings. The van der Waals surface area contributed by atoms with Crippen molar-refractivity contribution in [3.05, 3.63) is 83.3 Å². The SMILES string of the molecule is COc1ccc(CN(Cc2ccco2)C(=O)c2cccc(C(F)(F)F)c2)cc1OS(C)(=O)=O. The molecular weight excluding hydrogens is 463 g/mol. The van der Waals surface area contributed by atoms with E-state index in [2.05, 4.69) is 0 Å². The molecule has 0 aliphatic rings. The molecule has 0 unspecified atom stereocenters. The van der Waals surface area contributed by atoms with Gasteiger partial charge in [0.2, 0.25) is 0 Å². The molecule has 3 aromatic rings. The van der Waals surface area contributed by atoms with Gasteiger partial charge in [0.05, 0.1) is 31.7 Å². The molecule has 0 aliphatic carbocycles. The van der Waals surface area contributed by atoms with Crippen molar-refractivity contribution in [2.45, 2.75) is 19.3 Å². The van der Waals surface area contributed by atoms with E-state index < -0.39 is 27.8 Å². The average Bonchev–Trinajstić information content (AvgIpc) is 3.24. The van der Waals surface area contributed by atoms with Gasteiger partial charge in [0, 0.05) is 12.1 Å². The summed E-state index contributed by atoms with van der Waals surface area (Å²) in [5, 5.41) is 0. The quantitative estimate of drug-likeness (QED) is 0.439. The van der Waals surface area contributed by atoms with Gasteiger partial charge in [-0.2, -0.15) is 21.6 Å². The van der Waals surface area contributed by atoms with E-state index in [0.717, 1.165) is 24.5 Å². The minimum absolute atomic E-state index is 0.0314. The van der Waals surface area contributed by atoms with Gasteiger partial charge in [-0.25, -0.2) is 0 Å². The van der Waals surface area contributed by atoms with Gasteiger partial charge in [-0.1, -0.05) is 12.1 Å². The fraction of sp³-hybridized carbons (Fsp3) is 0.227. The van der Waals surface area contributed by atoms with E-state index in [-0.39, 0.29) is 30.2 Å². The van der Waals surface area contributed by atoms with Crippen molar-refractivity contribution in [3.8, 4) is 11.5 Å². The predicted octanol–water partition coefficient (Wildman–Crippen LogP) is 4.49. The summed E-state index contributed by atoms with van der Waals surface area (Å²) < 4.78 is 77.9. The molecule has 0 spiro atoms. The van der Waals surface area contributed by atoms with Crippen LogP contribution >= 0.6 is 0 Å². The van der Waals surface area contributed by atoms with Gasteiger partial charge in [0.25, 0.3) is 5.91 Å². The third-order valence-electron chi connectivity index (χ3n) is 4.49. The molecule has 0 N–H and O–H groups in total. The molecule has 3 rings (SSSR count). The molecule has 33 heavy (non-hydrogen) atoms. The van der Waals surface area contributed by atoms with Crippen LogP contribution in [0.25, 0.3) is 0 Å². The lowest BCUT2D eigenvalue weighted by Crippen LogP contribution is -2.30. The molecule has 0 aliphatic heterocycles. The number of nitrogens with zero attached hydrogens (tertiary/aromatic N) is 1. The number of alkyl halides is 3. The van der Waals surface area contributed by atoms with Crippen molar-refractivity contribution in [2.75, 3.05) is 13.4 Å². The molecule has 176 valence electrons. The fourth-order valence-corrected chi connectivity index (χ4v) is 3.53. The second-order valence-corrected chi connectivity index (χ2v) is 8.67. The van der Waals surface area contributed by atoms with E-state index >= 15 is 0 Å². The predicted molar refractivity (Wildman–Crippen MR) is 112 cm³/mol. The first kappa shape index (κ1) is 24.2. The highest BCUT2D eigenvalue weighted by atomic mass is 32.2. The van der Waals surface area contributed by atoms with Crippen LogP contribution in [0.1, 0.15) is 27.2 Å². The van der Waals surface area contributed by atoms with Crippen LogP contribution in [0.15, 0.2) is 65.3 Å². The average molecular weight is 483 g/mol. The Morgan fingerprint density at radius 2 is 1.79 bits per heavy atom. The van der Waals surface area contributed by atoms with E-state index in [0.29, 0.717) is 11.3 Å². The number of hydrogen-bond donors (Lipinski definition) is 0. The van der Waals surface area contributed by atoms with Gasteiger partial charge in [-0.3, -0.25) is 4.79 Å². The molecule has 0 saturated carbocycles. The number of methoxy groups -OCH3 is 1. The third-order valence-corrected chi connectivity index (χ3v) is 4.98. The van der Waals surface area contributed by atoms with E-state index in [1.165, 1.54) is 36.5 Å². The standard InChI is InChI=1S/C22H20F3NO6S/c1-30-19-9-8-15(11-20(19)32-33(2,28)29)13-26(14-18-7-4-10-31-18)21(27)16-5-3-6-17(12-16)22(23,24)25/h3-12H,13-14H2,1-2H3. The first-order valence-electron chi connectivity index (χ1n) is 9.51. The number of hydrogen-bond acceptors (Lipinski definition) is 6. The van der Waals surface area contributed by atoms with Crippen molar-refractivity contribution < 1.29 is 39.7 Å². The number of carbonyl (C=O) groups is 1. The van der Waals surface area contributed by atoms with Gasteiger partial charge < -0.3 is 18.2 Å². The van der Waals surface area contributed by atoms with Crippen LogP contribution in [0.5, 0.6) is 11.5 Å². The lowest BCUT2D eigenvalue weighted by atomic mass is 10.1. The monoisotopic (exact) mass is 483 g/mol. The van der Waals surface area contributed by atoms with Crippen LogP contribution < -0.4 is 8.92 Å². The fourth-order valence-electron chi connectivity index (χ4n) is 3.07. The third kappa shape index (κ3) is 6.51. The maximum absolute atomic E-state index is 13.2. The lowest BCUT2D eigenvalue weighted by Gasteiger charge is -2.23. The lowest BCUT2D eigenvalue weighted by molar-refractivity contribution is -0.137. The molecule has 0 bridgehead atoms. The molecule has 0 atom stereocenters. The largest absolute Gasteiger partial charge is 0.493 e. The normalized spacial score (nSPS) is 11.8. The van der Waals surface area contributed by atoms with Gasteiger partial charge in [-0.05, 0) is 48.0 Å². The van der Waals surface area contributed by atoms with Gasteiger partial charge in [0.1, 0.15) is 5.76 Å². The maximum Gasteiger partial charge on any atom is 0.416 e. The Balaban J connectivity index is 1.95. The molecular formula is C22H20F3NO6S. The van der Waals surface area contributed by atoms with Crippen LogP contribution in [0.3, 0.4) is 0 Å². The van der Waals surface area contributed by atoms with Crippen LogP contribution in [0.2, 0.25) is 0 Å². The van der Waals surface area contributed by atoms with Crippen molar-refractivity contribution in [2.24, 2.45) is 0 Å². The van der Waals surface area contributed by atoms with Gasteiger partial charge in [-0.15, -0.1) is 0 Å². The Kier molecular flexibility index (Phi) is 7.01. The highest BCUT2D eigenvalue weighted by Gasteiger charge is 2.31. The first-order valence-corrected chi connectivity index (χ1v) is 11.3. The van der Waals surface area contributed by atoms with Crippen molar-refractivity contribution in [3.63, 3.8) is 0 Å². The van der Waals surface area contributed by atoms with Crippen LogP contribution in [-0.2, 0) is 29.4 Å². The Hall–Kier alpha value is -3.47. The summed E-state index contributed by atoms with van der Waals surface area (Å²) in [6.45, 7) is -0.101. The zero-order valence-corrected chi connectivity index (χ0v) is 18.4. The Labute approximate surface area is 188 Å². The van der Waals surface area contributed by atoms with Crippen molar-refractivity contribution in [1.29, 1.82) is 0 Å². The summed E-state index contributed by atoms with van der Waals surface area (Å²) >= 11 is 0. The summed E-state index contributed by atoms with van der Waals surface area (Å²) in [5.74, 6) is -0.178. The van der Waals surface area contributed by atoms with Crippen molar-refractivity contribution in [1.82, 2.24) is 4.90 Å². The van der Waals surface area contributed by atoms with Crippen LogP contribution in [0.4, 0.5) is 13.2 Å². The number of furan rings is 1. The van der Waals surface area contributed by atoms with Crippen molar-refractivity contribution >= 4 is 16.0 Å². The van der Waals surface area contributed by atoms with E-state index in [1.807, 2.05) is 0 Å². The second kappa shape index (κ2) is 9.57. The molecule has 0 saturated heterocycles. The molecule has 1 heterocycles. The Bertz CT molecular complexity index is 1220. The number of rotatable bonds is 8. The second-order valence-electron chi connectivity index (χ2n) is 7.09. The molecule has 11 heteroatoms. The summed E-state index contributed by atoms with van der Waals surface area (Å²) in [6, 6.07) is 11.8. The number of halogens is 3. The van der Waals surface area contributed by atoms with Gasteiger partial charge in [0.15, 0.2) is 11.5 Å². The summed E-state index contributed by atoms with van der Waals surface area (Å²) in [5.41, 5.74) is -0.640. The molecule has 1 amide bonds. The van der Waals surface area contributed by atoms with Crippen LogP contribution in [-0.4, -0.2) is 32.6 Å². The summed E-state index contributed by atoms with van der Waals surface area (Å²) in [4.78, 5) is 14.4. The highest BCUT2D eigenvalue weighted by molar-refractivity contribution is 7.86. The first-order chi connectivity index (χ1) is 15.5. The van der Waals surface area contributed by atoms with E-state index in [1.54, 1.807) is 18.2 Å². The minimum Gasteiger partial charge on any atom is -0.493 e. The zero-order valence-electron chi connectivity index (χ0n) is 17.6. The summed E-state index contributed by atoms with van der Waals surface area (Å²) in [7, 11) is -2.52. The molecule has 0 radical (unpaired) electrons. The van der Waals surface area contributed by atoms with E-state index in [4.69, 9.17) is 13.3 Å². The zero-order chi connectivity index (χ0) is 24.2.